The number of hydrogen-bond acceptors (Lipinski definition) is 2. The molecule has 4 heteroatoms. The molecule has 1 aromatic rings. The van der Waals surface area contributed by atoms with Gasteiger partial charge in [-0.1, -0.05) is 24.3 Å². The molecule has 0 aromatic heterocycles. The lowest BCUT2D eigenvalue weighted by Crippen LogP contribution is -2.33. The minimum absolute atomic E-state index is 0.0661. The maximum absolute atomic E-state index is 12.9. The number of carbonyl (C=O) groups is 2. The second-order valence-electron chi connectivity index (χ2n) is 6.98. The first kappa shape index (κ1) is 13.8. The van der Waals surface area contributed by atoms with Crippen molar-refractivity contribution in [2.75, 3.05) is 13.1 Å². The molecule has 1 aromatic carbocycles. The number of carbonyl (C=O) groups excluding carboxylic acids is 1. The molecule has 4 nitrogen and oxygen atoms in total. The Morgan fingerprint density at radius 2 is 1.86 bits per heavy atom. The molecule has 1 saturated heterocycles. The smallest absolute Gasteiger partial charge is 0.308 e. The third-order valence-electron chi connectivity index (χ3n) is 5.65. The van der Waals surface area contributed by atoms with E-state index in [1.165, 1.54) is 5.56 Å². The topological polar surface area (TPSA) is 57.6 Å². The molecule has 0 radical (unpaired) electrons. The Labute approximate surface area is 130 Å². The summed E-state index contributed by atoms with van der Waals surface area (Å²) in [5.41, 5.74) is 2.42. The first-order valence-electron chi connectivity index (χ1n) is 8.24. The molecule has 2 fully saturated rings. The van der Waals surface area contributed by atoms with Crippen molar-refractivity contribution in [2.45, 2.75) is 31.6 Å². The van der Waals surface area contributed by atoms with Gasteiger partial charge in [-0.05, 0) is 48.6 Å². The Balaban J connectivity index is 1.53. The van der Waals surface area contributed by atoms with Gasteiger partial charge in [0.15, 0.2) is 0 Å². The molecular formula is C18H21NO3. The summed E-state index contributed by atoms with van der Waals surface area (Å²) in [6.45, 7) is 1.03. The maximum atomic E-state index is 12.9. The van der Waals surface area contributed by atoms with Gasteiger partial charge in [-0.3, -0.25) is 9.59 Å². The summed E-state index contributed by atoms with van der Waals surface area (Å²) in [7, 11) is 0. The molecule has 1 aliphatic heterocycles. The number of fused-ring (bicyclic) bond motifs is 1. The average molecular weight is 299 g/mol. The molecule has 116 valence electrons. The molecule has 3 aliphatic rings. The standard InChI is InChI=1S/C18H21NO3/c20-17(14-8-7-11-3-1-2-4-13(11)14)19-9-15(12-5-6-12)16(10-19)18(21)22/h1-4,12,14-16H,5-10H2,(H,21,22)/t14?,15-,16+/m1/s1. The second kappa shape index (κ2) is 5.11. The molecule has 1 saturated carbocycles. The number of aryl methyl sites for hydroxylation is 1. The van der Waals surface area contributed by atoms with Crippen molar-refractivity contribution >= 4 is 11.9 Å². The largest absolute Gasteiger partial charge is 0.481 e. The molecule has 4 rings (SSSR count). The van der Waals surface area contributed by atoms with Crippen LogP contribution in [0.5, 0.6) is 0 Å². The van der Waals surface area contributed by atoms with E-state index in [1.54, 1.807) is 0 Å². The van der Waals surface area contributed by atoms with E-state index in [4.69, 9.17) is 0 Å². The molecule has 22 heavy (non-hydrogen) atoms. The van der Waals surface area contributed by atoms with Crippen molar-refractivity contribution in [3.8, 4) is 0 Å². The van der Waals surface area contributed by atoms with Crippen LogP contribution in [0.2, 0.25) is 0 Å². The molecule has 0 spiro atoms. The number of likely N-dealkylation sites (tertiary alicyclic amines) is 1. The number of amides is 1. The number of rotatable bonds is 3. The van der Waals surface area contributed by atoms with Gasteiger partial charge in [0.05, 0.1) is 11.8 Å². The third-order valence-corrected chi connectivity index (χ3v) is 5.65. The predicted octanol–water partition coefficient (Wildman–Crippen LogP) is 2.29. The SMILES string of the molecule is O=C(O)[C@H]1CN(C(=O)C2CCc3ccccc32)C[C@@H]1C1CC1. The van der Waals surface area contributed by atoms with Crippen LogP contribution in [-0.2, 0) is 16.0 Å². The van der Waals surface area contributed by atoms with Crippen LogP contribution in [0.15, 0.2) is 24.3 Å². The fourth-order valence-corrected chi connectivity index (χ4v) is 4.31. The van der Waals surface area contributed by atoms with Crippen molar-refractivity contribution in [1.82, 2.24) is 4.90 Å². The highest BCUT2D eigenvalue weighted by Crippen LogP contribution is 2.45. The monoisotopic (exact) mass is 299 g/mol. The second-order valence-corrected chi connectivity index (χ2v) is 6.98. The zero-order valence-electron chi connectivity index (χ0n) is 12.6. The Morgan fingerprint density at radius 3 is 2.59 bits per heavy atom. The van der Waals surface area contributed by atoms with Crippen molar-refractivity contribution in [3.05, 3.63) is 35.4 Å². The van der Waals surface area contributed by atoms with Crippen LogP contribution < -0.4 is 0 Å². The van der Waals surface area contributed by atoms with E-state index in [-0.39, 0.29) is 23.7 Å². The first-order valence-corrected chi connectivity index (χ1v) is 8.24. The van der Waals surface area contributed by atoms with Gasteiger partial charge >= 0.3 is 5.97 Å². The van der Waals surface area contributed by atoms with Crippen molar-refractivity contribution in [1.29, 1.82) is 0 Å². The van der Waals surface area contributed by atoms with E-state index < -0.39 is 5.97 Å². The van der Waals surface area contributed by atoms with Gasteiger partial charge in [0.25, 0.3) is 0 Å². The minimum Gasteiger partial charge on any atom is -0.481 e. The Hall–Kier alpha value is -1.84. The van der Waals surface area contributed by atoms with Crippen LogP contribution in [0, 0.1) is 17.8 Å². The summed E-state index contributed by atoms with van der Waals surface area (Å²) in [6.07, 6.45) is 4.07. The van der Waals surface area contributed by atoms with Crippen molar-refractivity contribution in [3.63, 3.8) is 0 Å². The van der Waals surface area contributed by atoms with Crippen LogP contribution in [0.4, 0.5) is 0 Å². The summed E-state index contributed by atoms with van der Waals surface area (Å²) >= 11 is 0. The first-order chi connectivity index (χ1) is 10.6. The van der Waals surface area contributed by atoms with Crippen LogP contribution in [-0.4, -0.2) is 35.0 Å². The summed E-state index contributed by atoms with van der Waals surface area (Å²) in [5.74, 6) is -0.345. The average Bonchev–Trinajstić information content (AvgIpc) is 3.12. The van der Waals surface area contributed by atoms with Gasteiger partial charge in [0, 0.05) is 13.1 Å². The zero-order valence-corrected chi connectivity index (χ0v) is 12.6. The molecule has 2 aliphatic carbocycles. The number of aliphatic carboxylic acids is 1. The Kier molecular flexibility index (Phi) is 3.21. The third kappa shape index (κ3) is 2.21. The van der Waals surface area contributed by atoms with E-state index in [0.29, 0.717) is 19.0 Å². The highest BCUT2D eigenvalue weighted by Gasteiger charge is 2.48. The highest BCUT2D eigenvalue weighted by atomic mass is 16.4. The van der Waals surface area contributed by atoms with Crippen LogP contribution in [0.25, 0.3) is 0 Å². The molecule has 1 heterocycles. The van der Waals surface area contributed by atoms with E-state index in [0.717, 1.165) is 31.2 Å². The van der Waals surface area contributed by atoms with Crippen molar-refractivity contribution in [2.24, 2.45) is 17.8 Å². The van der Waals surface area contributed by atoms with Crippen molar-refractivity contribution < 1.29 is 14.7 Å². The molecule has 1 N–H and O–H groups in total. The van der Waals surface area contributed by atoms with E-state index in [2.05, 4.69) is 6.07 Å². The number of nitrogens with zero attached hydrogens (tertiary/aromatic N) is 1. The van der Waals surface area contributed by atoms with E-state index in [9.17, 15) is 14.7 Å². The van der Waals surface area contributed by atoms with Crippen LogP contribution >= 0.6 is 0 Å². The minimum atomic E-state index is -0.737. The maximum Gasteiger partial charge on any atom is 0.308 e. The van der Waals surface area contributed by atoms with Gasteiger partial charge in [0.1, 0.15) is 0 Å². The zero-order chi connectivity index (χ0) is 15.3. The quantitative estimate of drug-likeness (QED) is 0.931. The Bertz CT molecular complexity index is 623. The van der Waals surface area contributed by atoms with Gasteiger partial charge < -0.3 is 10.0 Å². The van der Waals surface area contributed by atoms with Crippen LogP contribution in [0.1, 0.15) is 36.3 Å². The molecule has 1 amide bonds. The molecule has 1 unspecified atom stereocenters. The van der Waals surface area contributed by atoms with E-state index in [1.807, 2.05) is 23.1 Å². The fourth-order valence-electron chi connectivity index (χ4n) is 4.31. The van der Waals surface area contributed by atoms with Crippen LogP contribution in [0.3, 0.4) is 0 Å². The normalized spacial score (nSPS) is 30.4. The highest BCUT2D eigenvalue weighted by molar-refractivity contribution is 5.86. The summed E-state index contributed by atoms with van der Waals surface area (Å²) in [5, 5.41) is 9.45. The molecular weight excluding hydrogens is 278 g/mol. The summed E-state index contributed by atoms with van der Waals surface area (Å²) in [6, 6.07) is 8.15. The van der Waals surface area contributed by atoms with Gasteiger partial charge in [-0.15, -0.1) is 0 Å². The fraction of sp³-hybridized carbons (Fsp3) is 0.556. The number of hydrogen-bond donors (Lipinski definition) is 1. The Morgan fingerprint density at radius 1 is 1.09 bits per heavy atom. The van der Waals surface area contributed by atoms with Gasteiger partial charge in [-0.25, -0.2) is 0 Å². The van der Waals surface area contributed by atoms with E-state index >= 15 is 0 Å². The lowest BCUT2D eigenvalue weighted by molar-refractivity contribution is -0.142. The number of benzene rings is 1. The predicted molar refractivity (Wildman–Crippen MR) is 81.4 cm³/mol. The summed E-state index contributed by atoms with van der Waals surface area (Å²) in [4.78, 5) is 26.2. The van der Waals surface area contributed by atoms with Gasteiger partial charge in [0.2, 0.25) is 5.91 Å². The number of carboxylic acid groups (broad SMARTS) is 1. The lowest BCUT2D eigenvalue weighted by Gasteiger charge is -2.21. The molecule has 0 bridgehead atoms. The number of carboxylic acids is 1. The molecule has 3 atom stereocenters. The van der Waals surface area contributed by atoms with Gasteiger partial charge in [-0.2, -0.15) is 0 Å². The summed E-state index contributed by atoms with van der Waals surface area (Å²) < 4.78 is 0. The lowest BCUT2D eigenvalue weighted by atomic mass is 9.92.